The molecule has 2 atom stereocenters. The van der Waals surface area contributed by atoms with E-state index in [-0.39, 0.29) is 18.5 Å². The molecule has 8 nitrogen and oxygen atoms in total. The Morgan fingerprint density at radius 3 is 2.59 bits per heavy atom. The number of piperidine rings is 1. The first-order valence-electron chi connectivity index (χ1n) is 8.76. The van der Waals surface area contributed by atoms with E-state index in [2.05, 4.69) is 10.2 Å². The predicted molar refractivity (Wildman–Crippen MR) is 98.0 cm³/mol. The largest absolute Gasteiger partial charge is 0.493 e. The first-order valence-corrected chi connectivity index (χ1v) is 8.76. The fourth-order valence-electron chi connectivity index (χ4n) is 3.32. The van der Waals surface area contributed by atoms with Crippen molar-refractivity contribution >= 4 is 11.9 Å². The van der Waals surface area contributed by atoms with Crippen molar-refractivity contribution in [3.05, 3.63) is 30.0 Å². The Morgan fingerprint density at radius 2 is 1.93 bits per heavy atom. The van der Waals surface area contributed by atoms with Crippen LogP contribution in [0.15, 0.2) is 24.3 Å². The SMILES string of the molecule is COc1ccc(-c2cc(C(=O)N3CC(C(=O)O)CCC3C)[nH]n2)cc1OC. The Hall–Kier alpha value is -3.03. The molecule has 0 aliphatic carbocycles. The highest BCUT2D eigenvalue weighted by Gasteiger charge is 2.33. The van der Waals surface area contributed by atoms with Crippen LogP contribution in [0.1, 0.15) is 30.3 Å². The summed E-state index contributed by atoms with van der Waals surface area (Å²) in [6.07, 6.45) is 1.25. The molecule has 1 aromatic heterocycles. The summed E-state index contributed by atoms with van der Waals surface area (Å²) < 4.78 is 10.5. The maximum atomic E-state index is 12.9. The van der Waals surface area contributed by atoms with Crippen molar-refractivity contribution in [2.24, 2.45) is 5.92 Å². The third kappa shape index (κ3) is 3.74. The van der Waals surface area contributed by atoms with Gasteiger partial charge in [-0.3, -0.25) is 14.7 Å². The number of ether oxygens (including phenoxy) is 2. The van der Waals surface area contributed by atoms with Crippen molar-refractivity contribution in [3.8, 4) is 22.8 Å². The molecule has 2 N–H and O–H groups in total. The Bertz CT molecular complexity index is 848. The number of nitrogens with zero attached hydrogens (tertiary/aromatic N) is 2. The zero-order valence-electron chi connectivity index (χ0n) is 15.6. The minimum absolute atomic E-state index is 0.0130. The number of aliphatic carboxylic acids is 1. The van der Waals surface area contributed by atoms with Gasteiger partial charge in [-0.05, 0) is 44.0 Å². The summed E-state index contributed by atoms with van der Waals surface area (Å²) in [6, 6.07) is 7.04. The number of carbonyl (C=O) groups excluding carboxylic acids is 1. The van der Waals surface area contributed by atoms with Crippen molar-refractivity contribution in [1.29, 1.82) is 0 Å². The predicted octanol–water partition coefficient (Wildman–Crippen LogP) is 2.42. The molecule has 1 fully saturated rings. The van der Waals surface area contributed by atoms with Gasteiger partial charge in [0.2, 0.25) is 0 Å². The molecule has 0 radical (unpaired) electrons. The van der Waals surface area contributed by atoms with Gasteiger partial charge in [0.25, 0.3) is 5.91 Å². The molecule has 1 aromatic carbocycles. The van der Waals surface area contributed by atoms with Crippen LogP contribution < -0.4 is 9.47 Å². The molecule has 27 heavy (non-hydrogen) atoms. The molecule has 1 aliphatic rings. The lowest BCUT2D eigenvalue weighted by Crippen LogP contribution is -2.47. The average molecular weight is 373 g/mol. The van der Waals surface area contributed by atoms with E-state index in [1.165, 1.54) is 0 Å². The molecule has 144 valence electrons. The molecule has 1 amide bonds. The van der Waals surface area contributed by atoms with Gasteiger partial charge in [-0.15, -0.1) is 0 Å². The number of methoxy groups -OCH3 is 2. The Kier molecular flexibility index (Phi) is 5.34. The van der Waals surface area contributed by atoms with E-state index in [9.17, 15) is 14.7 Å². The third-order valence-electron chi connectivity index (χ3n) is 4.98. The monoisotopic (exact) mass is 373 g/mol. The number of amides is 1. The van der Waals surface area contributed by atoms with Gasteiger partial charge < -0.3 is 19.5 Å². The van der Waals surface area contributed by atoms with Crippen LogP contribution in [0.25, 0.3) is 11.3 Å². The van der Waals surface area contributed by atoms with E-state index in [1.807, 2.05) is 13.0 Å². The summed E-state index contributed by atoms with van der Waals surface area (Å²) in [5.41, 5.74) is 1.70. The lowest BCUT2D eigenvalue weighted by atomic mass is 9.93. The topological polar surface area (TPSA) is 105 Å². The van der Waals surface area contributed by atoms with Crippen LogP contribution in [-0.2, 0) is 4.79 Å². The maximum absolute atomic E-state index is 12.9. The van der Waals surface area contributed by atoms with Crippen molar-refractivity contribution in [2.45, 2.75) is 25.8 Å². The molecule has 0 saturated carbocycles. The second-order valence-corrected chi connectivity index (χ2v) is 6.66. The van der Waals surface area contributed by atoms with Gasteiger partial charge in [0, 0.05) is 18.2 Å². The second kappa shape index (κ2) is 7.69. The van der Waals surface area contributed by atoms with E-state index in [0.29, 0.717) is 35.7 Å². The number of carboxylic acids is 1. The molecule has 0 spiro atoms. The van der Waals surface area contributed by atoms with E-state index in [4.69, 9.17) is 9.47 Å². The highest BCUT2D eigenvalue weighted by molar-refractivity contribution is 5.94. The first kappa shape index (κ1) is 18.8. The summed E-state index contributed by atoms with van der Waals surface area (Å²) in [7, 11) is 3.12. The van der Waals surface area contributed by atoms with Crippen LogP contribution in [0.5, 0.6) is 11.5 Å². The lowest BCUT2D eigenvalue weighted by Gasteiger charge is -2.36. The standard InChI is InChI=1S/C19H23N3O5/c1-11-4-5-13(19(24)25)10-22(11)18(23)15-9-14(20-21-15)12-6-7-16(26-2)17(8-12)27-3/h6-9,11,13H,4-5,10H2,1-3H3,(H,20,21)(H,24,25). The van der Waals surface area contributed by atoms with Gasteiger partial charge in [-0.2, -0.15) is 5.10 Å². The highest BCUT2D eigenvalue weighted by atomic mass is 16.5. The van der Waals surface area contributed by atoms with E-state index >= 15 is 0 Å². The normalized spacial score (nSPS) is 19.6. The second-order valence-electron chi connectivity index (χ2n) is 6.66. The minimum Gasteiger partial charge on any atom is -0.493 e. The molecule has 2 heterocycles. The number of hydrogen-bond donors (Lipinski definition) is 2. The van der Waals surface area contributed by atoms with Gasteiger partial charge >= 0.3 is 5.97 Å². The van der Waals surface area contributed by atoms with Crippen LogP contribution in [0, 0.1) is 5.92 Å². The lowest BCUT2D eigenvalue weighted by molar-refractivity contribution is -0.143. The minimum atomic E-state index is -0.865. The van der Waals surface area contributed by atoms with E-state index < -0.39 is 11.9 Å². The number of hydrogen-bond acceptors (Lipinski definition) is 5. The molecule has 0 bridgehead atoms. The summed E-state index contributed by atoms with van der Waals surface area (Å²) in [6.45, 7) is 2.14. The summed E-state index contributed by atoms with van der Waals surface area (Å²) in [4.78, 5) is 25.8. The Morgan fingerprint density at radius 1 is 1.19 bits per heavy atom. The zero-order chi connectivity index (χ0) is 19.6. The third-order valence-corrected chi connectivity index (χ3v) is 4.98. The summed E-state index contributed by atoms with van der Waals surface area (Å²) >= 11 is 0. The molecule has 1 aliphatic heterocycles. The molecular formula is C19H23N3O5. The summed E-state index contributed by atoms with van der Waals surface area (Å²) in [5.74, 6) is -0.462. The summed E-state index contributed by atoms with van der Waals surface area (Å²) in [5, 5.41) is 16.3. The smallest absolute Gasteiger partial charge is 0.308 e. The van der Waals surface area contributed by atoms with Crippen LogP contribution in [0.3, 0.4) is 0 Å². The number of nitrogens with one attached hydrogen (secondary N) is 1. The molecule has 2 unspecified atom stereocenters. The number of aromatic nitrogens is 2. The molecule has 8 heteroatoms. The van der Waals surface area contributed by atoms with Gasteiger partial charge in [0.1, 0.15) is 5.69 Å². The molecular weight excluding hydrogens is 350 g/mol. The van der Waals surface area contributed by atoms with Crippen molar-refractivity contribution in [1.82, 2.24) is 15.1 Å². The number of likely N-dealkylation sites (tertiary alicyclic amines) is 1. The fourth-order valence-corrected chi connectivity index (χ4v) is 3.32. The molecule has 2 aromatic rings. The van der Waals surface area contributed by atoms with Crippen LogP contribution >= 0.6 is 0 Å². The maximum Gasteiger partial charge on any atom is 0.308 e. The Balaban J connectivity index is 1.82. The Labute approximate surface area is 157 Å². The van der Waals surface area contributed by atoms with Crippen LogP contribution in [0.2, 0.25) is 0 Å². The van der Waals surface area contributed by atoms with Crippen LogP contribution in [-0.4, -0.2) is 58.9 Å². The fraction of sp³-hybridized carbons (Fsp3) is 0.421. The molecule has 1 saturated heterocycles. The first-order chi connectivity index (χ1) is 12.9. The molecule has 3 rings (SSSR count). The number of H-pyrrole nitrogens is 1. The number of carbonyl (C=O) groups is 2. The van der Waals surface area contributed by atoms with Gasteiger partial charge in [0.05, 0.1) is 25.8 Å². The average Bonchev–Trinajstić information content (AvgIpc) is 3.17. The highest BCUT2D eigenvalue weighted by Crippen LogP contribution is 2.32. The number of aromatic amines is 1. The van der Waals surface area contributed by atoms with Gasteiger partial charge in [-0.25, -0.2) is 0 Å². The van der Waals surface area contributed by atoms with E-state index in [0.717, 1.165) is 5.56 Å². The number of benzene rings is 1. The zero-order valence-corrected chi connectivity index (χ0v) is 15.6. The van der Waals surface area contributed by atoms with Crippen molar-refractivity contribution < 1.29 is 24.2 Å². The van der Waals surface area contributed by atoms with Crippen LogP contribution in [0.4, 0.5) is 0 Å². The van der Waals surface area contributed by atoms with Crippen molar-refractivity contribution in [2.75, 3.05) is 20.8 Å². The quantitative estimate of drug-likeness (QED) is 0.834. The van der Waals surface area contributed by atoms with Gasteiger partial charge in [-0.1, -0.05) is 0 Å². The van der Waals surface area contributed by atoms with Crippen molar-refractivity contribution in [3.63, 3.8) is 0 Å². The van der Waals surface area contributed by atoms with E-state index in [1.54, 1.807) is 37.3 Å². The van der Waals surface area contributed by atoms with Gasteiger partial charge in [0.15, 0.2) is 11.5 Å². The number of rotatable bonds is 5. The number of carboxylic acid groups (broad SMARTS) is 1.